The van der Waals surface area contributed by atoms with Crippen LogP contribution in [0.1, 0.15) is 0 Å². The molecule has 0 spiro atoms. The van der Waals surface area contributed by atoms with Crippen LogP contribution >= 0.6 is 0 Å². The second kappa shape index (κ2) is 3.30. The molecule has 1 rings (SSSR count). The van der Waals surface area contributed by atoms with E-state index in [1.54, 1.807) is 0 Å². The molecule has 8 heteroatoms. The minimum atomic E-state index is -4.02. The predicted octanol–water partition coefficient (Wildman–Crippen LogP) is 0.663. The number of hydrogen-bond acceptors (Lipinski definition) is 4. The van der Waals surface area contributed by atoms with Crippen LogP contribution < -0.4 is 5.73 Å². The number of anilines is 1. The van der Waals surface area contributed by atoms with Crippen molar-refractivity contribution in [2.75, 3.05) is 5.73 Å². The van der Waals surface area contributed by atoms with Gasteiger partial charge in [0.2, 0.25) is 0 Å². The first-order chi connectivity index (χ1) is 6.06. The van der Waals surface area contributed by atoms with Crippen LogP contribution in [0.5, 0.6) is 0 Å². The highest BCUT2D eigenvalue weighted by Crippen LogP contribution is 2.11. The topological polar surface area (TPSA) is 122 Å². The van der Waals surface area contributed by atoms with Crippen molar-refractivity contribution < 1.29 is 8.42 Å². The van der Waals surface area contributed by atoms with Gasteiger partial charge < -0.3 is 5.73 Å². The van der Waals surface area contributed by atoms with Crippen molar-refractivity contribution in [3.8, 4) is 0 Å². The molecular formula is C5H5N5O2S. The lowest BCUT2D eigenvalue weighted by Gasteiger charge is -1.96. The summed E-state index contributed by atoms with van der Waals surface area (Å²) in [5.41, 5.74) is 13.5. The number of nitrogen functional groups attached to an aromatic ring is 1. The number of rotatable bonds is 2. The largest absolute Gasteiger partial charge is 0.399 e. The Morgan fingerprint density at radius 2 is 2.31 bits per heavy atom. The van der Waals surface area contributed by atoms with Gasteiger partial charge in [0, 0.05) is 21.3 Å². The smallest absolute Gasteiger partial charge is 0.281 e. The van der Waals surface area contributed by atoms with E-state index in [0.717, 1.165) is 6.07 Å². The van der Waals surface area contributed by atoms with Crippen LogP contribution in [0.15, 0.2) is 27.9 Å². The second-order valence-electron chi connectivity index (χ2n) is 2.07. The molecule has 0 aliphatic carbocycles. The van der Waals surface area contributed by atoms with Crippen molar-refractivity contribution in [2.45, 2.75) is 5.03 Å². The Morgan fingerprint density at radius 1 is 1.62 bits per heavy atom. The van der Waals surface area contributed by atoms with Crippen LogP contribution in [0.25, 0.3) is 10.4 Å². The van der Waals surface area contributed by atoms with Crippen molar-refractivity contribution in [1.29, 1.82) is 0 Å². The molecule has 0 saturated heterocycles. The zero-order chi connectivity index (χ0) is 9.90. The molecule has 68 valence electrons. The van der Waals surface area contributed by atoms with Gasteiger partial charge in [-0.2, -0.15) is 0 Å². The van der Waals surface area contributed by atoms with Crippen molar-refractivity contribution in [3.63, 3.8) is 0 Å². The molecule has 0 fully saturated rings. The van der Waals surface area contributed by atoms with Crippen LogP contribution in [-0.2, 0) is 10.0 Å². The predicted molar refractivity (Wildman–Crippen MR) is 45.0 cm³/mol. The summed E-state index contributed by atoms with van der Waals surface area (Å²) in [6.07, 6.45) is 1.22. The van der Waals surface area contributed by atoms with Gasteiger partial charge >= 0.3 is 0 Å². The van der Waals surface area contributed by atoms with Crippen molar-refractivity contribution >= 4 is 15.7 Å². The lowest BCUT2D eigenvalue weighted by Crippen LogP contribution is -1.99. The fourth-order valence-corrected chi connectivity index (χ4v) is 1.31. The number of nitrogens with two attached hydrogens (primary N) is 1. The average molecular weight is 199 g/mol. The van der Waals surface area contributed by atoms with Crippen LogP contribution in [-0.4, -0.2) is 13.4 Å². The summed E-state index contributed by atoms with van der Waals surface area (Å²) in [5.74, 6) is 0. The first-order valence-electron chi connectivity index (χ1n) is 3.09. The normalized spacial score (nSPS) is 10.5. The molecule has 7 nitrogen and oxygen atoms in total. The van der Waals surface area contributed by atoms with Gasteiger partial charge in [0.15, 0.2) is 5.03 Å². The molecule has 0 atom stereocenters. The van der Waals surface area contributed by atoms with E-state index in [1.807, 2.05) is 0 Å². The Morgan fingerprint density at radius 3 is 2.85 bits per heavy atom. The van der Waals surface area contributed by atoms with Gasteiger partial charge in [0.1, 0.15) is 0 Å². The van der Waals surface area contributed by atoms with Gasteiger partial charge in [-0.05, 0) is 17.7 Å². The molecule has 1 aromatic rings. The van der Waals surface area contributed by atoms with E-state index < -0.39 is 10.0 Å². The van der Waals surface area contributed by atoms with E-state index >= 15 is 0 Å². The third-order valence-electron chi connectivity index (χ3n) is 1.17. The maximum absolute atomic E-state index is 11.0. The highest BCUT2D eigenvalue weighted by Gasteiger charge is 2.12. The van der Waals surface area contributed by atoms with Gasteiger partial charge in [-0.1, -0.05) is 0 Å². The molecule has 0 unspecified atom stereocenters. The van der Waals surface area contributed by atoms with E-state index in [9.17, 15) is 8.42 Å². The Balaban J connectivity index is 3.31. The highest BCUT2D eigenvalue weighted by molar-refractivity contribution is 7.89. The number of sulfonamides is 1. The average Bonchev–Trinajstić information content (AvgIpc) is 2.04. The number of aromatic nitrogens is 1. The minimum Gasteiger partial charge on any atom is -0.399 e. The number of hydrogen-bond donors (Lipinski definition) is 1. The Kier molecular flexibility index (Phi) is 2.36. The molecule has 2 N–H and O–H groups in total. The summed E-state index contributed by atoms with van der Waals surface area (Å²) in [5, 5.41) is -0.356. The van der Waals surface area contributed by atoms with E-state index in [1.165, 1.54) is 12.3 Å². The van der Waals surface area contributed by atoms with E-state index in [4.69, 9.17) is 11.3 Å². The molecule has 0 aliphatic heterocycles. The van der Waals surface area contributed by atoms with Crippen LogP contribution in [0.4, 0.5) is 5.69 Å². The molecule has 0 aromatic carbocycles. The van der Waals surface area contributed by atoms with Crippen molar-refractivity contribution in [3.05, 3.63) is 28.8 Å². The van der Waals surface area contributed by atoms with Crippen molar-refractivity contribution in [2.24, 2.45) is 4.52 Å². The second-order valence-corrected chi connectivity index (χ2v) is 3.61. The molecule has 1 heterocycles. The highest BCUT2D eigenvalue weighted by atomic mass is 32.2. The van der Waals surface area contributed by atoms with Crippen LogP contribution in [0, 0.1) is 0 Å². The molecule has 0 saturated carbocycles. The summed E-state index contributed by atoms with van der Waals surface area (Å²) in [6.45, 7) is 0. The number of azide groups is 1. The molecule has 13 heavy (non-hydrogen) atoms. The van der Waals surface area contributed by atoms with E-state index in [-0.39, 0.29) is 10.7 Å². The van der Waals surface area contributed by atoms with Crippen molar-refractivity contribution in [1.82, 2.24) is 4.98 Å². The number of nitrogens with zero attached hydrogens (tertiary/aromatic N) is 4. The SMILES string of the molecule is [N-]=[N+]=NS(=O)(=O)c1cc(N)ccn1. The molecular weight excluding hydrogens is 194 g/mol. The van der Waals surface area contributed by atoms with Crippen LogP contribution in [0.2, 0.25) is 0 Å². The fourth-order valence-electron chi connectivity index (χ4n) is 0.656. The lowest BCUT2D eigenvalue weighted by atomic mass is 10.4. The van der Waals surface area contributed by atoms with Gasteiger partial charge in [0.25, 0.3) is 10.0 Å². The summed E-state index contributed by atoms with van der Waals surface area (Å²) in [4.78, 5) is 5.67. The standard InChI is InChI=1S/C5H5N5O2S/c6-4-1-2-8-5(3-4)13(11,12)10-9-7/h1-3H,(H2,6,8). The quantitative estimate of drug-likeness (QED) is 0.427. The van der Waals surface area contributed by atoms with E-state index in [0.29, 0.717) is 0 Å². The third-order valence-corrected chi connectivity index (χ3v) is 2.21. The number of pyridine rings is 1. The van der Waals surface area contributed by atoms with Gasteiger partial charge in [0.05, 0.1) is 0 Å². The molecule has 0 amide bonds. The zero-order valence-electron chi connectivity index (χ0n) is 6.32. The van der Waals surface area contributed by atoms with Crippen LogP contribution in [0.3, 0.4) is 0 Å². The summed E-state index contributed by atoms with van der Waals surface area (Å²) >= 11 is 0. The molecule has 0 aliphatic rings. The maximum Gasteiger partial charge on any atom is 0.281 e. The van der Waals surface area contributed by atoms with Gasteiger partial charge in [-0.25, -0.2) is 13.4 Å². The zero-order valence-corrected chi connectivity index (χ0v) is 7.14. The molecule has 1 aromatic heterocycles. The molecule has 0 bridgehead atoms. The summed E-state index contributed by atoms with van der Waals surface area (Å²) in [7, 11) is -4.02. The Hall–Kier alpha value is -1.79. The first kappa shape index (κ1) is 9.30. The monoisotopic (exact) mass is 199 g/mol. The Labute approximate surface area is 73.9 Å². The minimum absolute atomic E-state index is 0.238. The third kappa shape index (κ3) is 2.08. The first-order valence-corrected chi connectivity index (χ1v) is 4.53. The van der Waals surface area contributed by atoms with E-state index in [2.05, 4.69) is 14.4 Å². The Bertz CT molecular complexity index is 462. The van der Waals surface area contributed by atoms with Gasteiger partial charge in [-0.15, -0.1) is 0 Å². The molecule has 0 radical (unpaired) electrons. The summed E-state index contributed by atoms with van der Waals surface area (Å²) < 4.78 is 24.7. The maximum atomic E-state index is 11.0. The lowest BCUT2D eigenvalue weighted by molar-refractivity contribution is 0.594. The summed E-state index contributed by atoms with van der Waals surface area (Å²) in [6, 6.07) is 2.54. The fraction of sp³-hybridized carbons (Fsp3) is 0. The van der Waals surface area contributed by atoms with Gasteiger partial charge in [-0.3, -0.25) is 0 Å².